The van der Waals surface area contributed by atoms with E-state index < -0.39 is 0 Å². The highest BCUT2D eigenvalue weighted by atomic mass is 79.9. The van der Waals surface area contributed by atoms with Gasteiger partial charge < -0.3 is 17.0 Å². The van der Waals surface area contributed by atoms with Crippen molar-refractivity contribution in [1.82, 2.24) is 0 Å². The molecule has 0 unspecified atom stereocenters. The summed E-state index contributed by atoms with van der Waals surface area (Å²) in [5.74, 6) is 0. The van der Waals surface area contributed by atoms with Gasteiger partial charge in [-0.3, -0.25) is 0 Å². The van der Waals surface area contributed by atoms with Crippen LogP contribution >= 0.6 is 0 Å². The van der Waals surface area contributed by atoms with Gasteiger partial charge in [-0.2, -0.15) is 5.26 Å². The molecular weight excluding hydrogens is 240 g/mol. The van der Waals surface area contributed by atoms with E-state index in [1.807, 2.05) is 23.0 Å². The quantitative estimate of drug-likeness (QED) is 0.481. The van der Waals surface area contributed by atoms with Gasteiger partial charge in [-0.25, -0.2) is 4.57 Å². The number of aromatic nitrogens is 1. The molecule has 0 N–H and O–H groups in total. The van der Waals surface area contributed by atoms with Gasteiger partial charge in [0.15, 0.2) is 18.9 Å². The summed E-state index contributed by atoms with van der Waals surface area (Å²) in [6.45, 7) is 4.96. The summed E-state index contributed by atoms with van der Waals surface area (Å²) in [7, 11) is 0. The summed E-state index contributed by atoms with van der Waals surface area (Å²) in [4.78, 5) is 0. The number of allylic oxidation sites excluding steroid dienone is 2. The normalized spacial score (nSPS) is 8.36. The molecule has 0 spiro atoms. The minimum absolute atomic E-state index is 0. The van der Waals surface area contributed by atoms with Crippen molar-refractivity contribution in [2.45, 2.75) is 20.4 Å². The second kappa shape index (κ2) is 6.33. The van der Waals surface area contributed by atoms with Gasteiger partial charge in [0.1, 0.15) is 11.6 Å². The van der Waals surface area contributed by atoms with Crippen LogP contribution in [0.2, 0.25) is 0 Å². The maximum Gasteiger partial charge on any atom is 0.186 e. The van der Waals surface area contributed by atoms with Crippen LogP contribution in [0, 0.1) is 11.3 Å². The van der Waals surface area contributed by atoms with E-state index in [1.54, 1.807) is 6.07 Å². The molecule has 1 aromatic rings. The Hall–Kier alpha value is -1.14. The van der Waals surface area contributed by atoms with E-state index in [9.17, 15) is 0 Å². The van der Waals surface area contributed by atoms with Crippen molar-refractivity contribution in [3.8, 4) is 6.07 Å². The lowest BCUT2D eigenvalue weighted by Crippen LogP contribution is -3.00. The standard InChI is InChI=1S/C11H13N2.BrH/c1-10(2)5-7-13-6-3-4-11(8-12)9-13;/h3-6,9H,7H2,1-2H3;1H/q+1;/p-1. The molecular formula is C11H13BrN2. The first kappa shape index (κ1) is 12.9. The Balaban J connectivity index is 0.00000169. The number of hydrogen-bond donors (Lipinski definition) is 0. The molecule has 74 valence electrons. The van der Waals surface area contributed by atoms with Crippen molar-refractivity contribution in [2.75, 3.05) is 0 Å². The molecule has 0 saturated heterocycles. The van der Waals surface area contributed by atoms with Crippen molar-refractivity contribution in [3.63, 3.8) is 0 Å². The number of pyridine rings is 1. The predicted molar refractivity (Wildman–Crippen MR) is 50.8 cm³/mol. The van der Waals surface area contributed by atoms with E-state index in [1.165, 1.54) is 5.57 Å². The highest BCUT2D eigenvalue weighted by molar-refractivity contribution is 5.21. The fourth-order valence-corrected chi connectivity index (χ4v) is 0.990. The van der Waals surface area contributed by atoms with Gasteiger partial charge in [0.05, 0.1) is 0 Å². The zero-order chi connectivity index (χ0) is 9.68. The van der Waals surface area contributed by atoms with Gasteiger partial charge in [0, 0.05) is 6.07 Å². The molecule has 1 heterocycles. The molecule has 0 aliphatic carbocycles. The predicted octanol–water partition coefficient (Wildman–Crippen LogP) is -1.18. The lowest BCUT2D eigenvalue weighted by Gasteiger charge is -1.92. The van der Waals surface area contributed by atoms with Crippen LogP contribution in [0.15, 0.2) is 36.2 Å². The highest BCUT2D eigenvalue weighted by Gasteiger charge is 1.98. The highest BCUT2D eigenvalue weighted by Crippen LogP contribution is 1.91. The van der Waals surface area contributed by atoms with E-state index in [2.05, 4.69) is 26.0 Å². The number of halogens is 1. The Morgan fingerprint density at radius 1 is 1.57 bits per heavy atom. The van der Waals surface area contributed by atoms with Crippen molar-refractivity contribution >= 4 is 0 Å². The molecule has 2 nitrogen and oxygen atoms in total. The van der Waals surface area contributed by atoms with Crippen LogP contribution in [0.3, 0.4) is 0 Å². The molecule has 0 atom stereocenters. The summed E-state index contributed by atoms with van der Waals surface area (Å²) >= 11 is 0. The average Bonchev–Trinajstić information content (AvgIpc) is 2.15. The zero-order valence-corrected chi connectivity index (χ0v) is 9.95. The lowest BCUT2D eigenvalue weighted by molar-refractivity contribution is -0.687. The van der Waals surface area contributed by atoms with Gasteiger partial charge >= 0.3 is 0 Å². The SMILES string of the molecule is CC(C)=CC[n+]1cccc(C#N)c1.[Br-]. The van der Waals surface area contributed by atoms with Crippen LogP contribution in [0.25, 0.3) is 0 Å². The number of nitriles is 1. The number of rotatable bonds is 2. The summed E-state index contributed by atoms with van der Waals surface area (Å²) in [6.07, 6.45) is 5.93. The average molecular weight is 253 g/mol. The Bertz CT molecular complexity index is 360. The Kier molecular flexibility index (Phi) is 5.82. The molecule has 0 radical (unpaired) electrons. The Morgan fingerprint density at radius 3 is 2.86 bits per heavy atom. The first-order valence-corrected chi connectivity index (χ1v) is 4.25. The van der Waals surface area contributed by atoms with Crippen molar-refractivity contribution in [1.29, 1.82) is 5.26 Å². The van der Waals surface area contributed by atoms with Crippen LogP contribution in [0.1, 0.15) is 19.4 Å². The number of nitrogens with zero attached hydrogens (tertiary/aromatic N) is 2. The second-order valence-corrected chi connectivity index (χ2v) is 3.18. The zero-order valence-electron chi connectivity index (χ0n) is 8.37. The van der Waals surface area contributed by atoms with Crippen LogP contribution in [-0.4, -0.2) is 0 Å². The first-order valence-electron chi connectivity index (χ1n) is 4.25. The summed E-state index contributed by atoms with van der Waals surface area (Å²) in [5.41, 5.74) is 1.99. The van der Waals surface area contributed by atoms with Crippen LogP contribution in [-0.2, 0) is 6.54 Å². The van der Waals surface area contributed by atoms with Gasteiger partial charge in [-0.05, 0) is 26.0 Å². The largest absolute Gasteiger partial charge is 1.00 e. The van der Waals surface area contributed by atoms with E-state index in [0.717, 1.165) is 6.54 Å². The van der Waals surface area contributed by atoms with E-state index >= 15 is 0 Å². The fourth-order valence-electron chi connectivity index (χ4n) is 0.990. The molecule has 0 fully saturated rings. The van der Waals surface area contributed by atoms with Gasteiger partial charge in [0.2, 0.25) is 0 Å². The van der Waals surface area contributed by atoms with Crippen molar-refractivity contribution in [3.05, 3.63) is 41.7 Å². The molecule has 14 heavy (non-hydrogen) atoms. The molecule has 0 aromatic carbocycles. The minimum Gasteiger partial charge on any atom is -1.00 e. The smallest absolute Gasteiger partial charge is 0.186 e. The Morgan fingerprint density at radius 2 is 2.29 bits per heavy atom. The monoisotopic (exact) mass is 252 g/mol. The molecule has 0 aliphatic rings. The van der Waals surface area contributed by atoms with Crippen molar-refractivity contribution < 1.29 is 21.5 Å². The van der Waals surface area contributed by atoms with E-state index in [0.29, 0.717) is 5.56 Å². The topological polar surface area (TPSA) is 27.7 Å². The number of hydrogen-bond acceptors (Lipinski definition) is 1. The van der Waals surface area contributed by atoms with Gasteiger partial charge in [-0.1, -0.05) is 5.57 Å². The third-order valence-electron chi connectivity index (χ3n) is 1.70. The van der Waals surface area contributed by atoms with Crippen LogP contribution < -0.4 is 21.5 Å². The Labute approximate surface area is 95.3 Å². The van der Waals surface area contributed by atoms with Crippen LogP contribution in [0.5, 0.6) is 0 Å². The van der Waals surface area contributed by atoms with Crippen LogP contribution in [0.4, 0.5) is 0 Å². The molecule has 1 rings (SSSR count). The summed E-state index contributed by atoms with van der Waals surface area (Å²) < 4.78 is 1.99. The van der Waals surface area contributed by atoms with E-state index in [4.69, 9.17) is 5.26 Å². The third kappa shape index (κ3) is 4.20. The maximum atomic E-state index is 8.66. The van der Waals surface area contributed by atoms with Gasteiger partial charge in [-0.15, -0.1) is 0 Å². The summed E-state index contributed by atoms with van der Waals surface area (Å²) in [5, 5.41) is 8.66. The molecule has 0 bridgehead atoms. The van der Waals surface area contributed by atoms with Crippen molar-refractivity contribution in [2.24, 2.45) is 0 Å². The second-order valence-electron chi connectivity index (χ2n) is 3.18. The molecule has 1 aromatic heterocycles. The lowest BCUT2D eigenvalue weighted by atomic mass is 10.3. The fraction of sp³-hybridized carbons (Fsp3) is 0.273. The van der Waals surface area contributed by atoms with Gasteiger partial charge in [0.25, 0.3) is 0 Å². The molecule has 3 heteroatoms. The van der Waals surface area contributed by atoms with E-state index in [-0.39, 0.29) is 17.0 Å². The third-order valence-corrected chi connectivity index (χ3v) is 1.70. The first-order chi connectivity index (χ1) is 6.22. The molecule has 0 saturated carbocycles. The molecule has 0 aliphatic heterocycles. The molecule has 0 amide bonds. The minimum atomic E-state index is 0. The maximum absolute atomic E-state index is 8.66. The summed E-state index contributed by atoms with van der Waals surface area (Å²) in [6, 6.07) is 5.80.